The maximum absolute atomic E-state index is 8.36. The molecule has 0 atom stereocenters. The summed E-state index contributed by atoms with van der Waals surface area (Å²) in [7, 11) is 0. The van der Waals surface area contributed by atoms with Crippen LogP contribution in [0.25, 0.3) is 11.2 Å². The van der Waals surface area contributed by atoms with Gasteiger partial charge in [0.25, 0.3) is 6.47 Å². The molecule has 0 saturated heterocycles. The Labute approximate surface area is 72.7 Å². The number of hydrogen-bond donors (Lipinski definition) is 2. The predicted octanol–water partition coefficient (Wildman–Crippen LogP) is -0.0421. The molecule has 2 aromatic rings. The Morgan fingerprint density at radius 1 is 1.54 bits per heavy atom. The molecule has 0 fully saturated rings. The van der Waals surface area contributed by atoms with E-state index in [1.807, 2.05) is 0 Å². The highest BCUT2D eigenvalue weighted by Crippen LogP contribution is 2.20. The second-order valence-corrected chi connectivity index (χ2v) is 2.48. The molecule has 0 amide bonds. The van der Waals surface area contributed by atoms with Crippen LogP contribution >= 0.6 is 0 Å². The van der Waals surface area contributed by atoms with Gasteiger partial charge in [-0.1, -0.05) is 0 Å². The molecule has 2 bridgehead atoms. The molecule has 3 rings (SSSR count). The number of carboxylic acid groups (broad SMARTS) is 1. The van der Waals surface area contributed by atoms with Gasteiger partial charge in [-0.05, 0) is 0 Å². The third-order valence-corrected chi connectivity index (χ3v) is 1.74. The molecule has 1 aliphatic heterocycles. The number of aromatic amines is 1. The molecule has 0 radical (unpaired) electrons. The first-order valence-electron chi connectivity index (χ1n) is 3.61. The number of carbonyl (C=O) groups is 1. The molecule has 0 aliphatic carbocycles. The van der Waals surface area contributed by atoms with Crippen molar-refractivity contribution in [2.24, 2.45) is 0 Å². The SMILES string of the molecule is O=CO.c1nc2c3nc([nH]c3n1)C2. The minimum absolute atomic E-state index is 0.250. The van der Waals surface area contributed by atoms with Crippen molar-refractivity contribution >= 4 is 17.6 Å². The average molecular weight is 178 g/mol. The molecule has 13 heavy (non-hydrogen) atoms. The van der Waals surface area contributed by atoms with Gasteiger partial charge in [0, 0.05) is 0 Å². The van der Waals surface area contributed by atoms with E-state index in [0.29, 0.717) is 0 Å². The Morgan fingerprint density at radius 3 is 2.85 bits per heavy atom. The van der Waals surface area contributed by atoms with Crippen LogP contribution in [-0.2, 0) is 11.2 Å². The zero-order valence-electron chi connectivity index (χ0n) is 6.56. The van der Waals surface area contributed by atoms with Crippen molar-refractivity contribution in [1.82, 2.24) is 19.9 Å². The quantitative estimate of drug-likeness (QED) is 0.471. The molecule has 66 valence electrons. The predicted molar refractivity (Wildman–Crippen MR) is 43.2 cm³/mol. The number of fused-ring (bicyclic) bond motifs is 1. The lowest BCUT2D eigenvalue weighted by atomic mass is 10.3. The second-order valence-electron chi connectivity index (χ2n) is 2.48. The van der Waals surface area contributed by atoms with Crippen LogP contribution in [0.5, 0.6) is 0 Å². The fourth-order valence-corrected chi connectivity index (χ4v) is 1.30. The van der Waals surface area contributed by atoms with Crippen molar-refractivity contribution in [1.29, 1.82) is 0 Å². The van der Waals surface area contributed by atoms with Crippen molar-refractivity contribution in [3.8, 4) is 0 Å². The first kappa shape index (κ1) is 7.66. The summed E-state index contributed by atoms with van der Waals surface area (Å²) in [5.74, 6) is 0.987. The molecule has 3 heterocycles. The van der Waals surface area contributed by atoms with E-state index in [2.05, 4.69) is 19.9 Å². The minimum atomic E-state index is -0.250. The molecule has 0 spiro atoms. The van der Waals surface area contributed by atoms with E-state index in [4.69, 9.17) is 9.90 Å². The molecule has 0 saturated carbocycles. The van der Waals surface area contributed by atoms with Gasteiger partial charge in [0.05, 0.1) is 12.1 Å². The van der Waals surface area contributed by atoms with Gasteiger partial charge in [0.2, 0.25) is 0 Å². The maximum atomic E-state index is 8.36. The van der Waals surface area contributed by atoms with E-state index in [9.17, 15) is 0 Å². The van der Waals surface area contributed by atoms with Crippen molar-refractivity contribution in [3.63, 3.8) is 0 Å². The molecule has 1 aliphatic rings. The van der Waals surface area contributed by atoms with E-state index in [1.54, 1.807) is 6.33 Å². The van der Waals surface area contributed by atoms with Crippen LogP contribution in [0.4, 0.5) is 0 Å². The lowest BCUT2D eigenvalue weighted by molar-refractivity contribution is -0.122. The minimum Gasteiger partial charge on any atom is -0.483 e. The zero-order valence-corrected chi connectivity index (χ0v) is 6.56. The van der Waals surface area contributed by atoms with E-state index >= 15 is 0 Å². The Balaban J connectivity index is 0.000000196. The van der Waals surface area contributed by atoms with Gasteiger partial charge < -0.3 is 10.1 Å². The summed E-state index contributed by atoms with van der Waals surface area (Å²) in [6, 6.07) is 0. The largest absolute Gasteiger partial charge is 0.483 e. The summed E-state index contributed by atoms with van der Waals surface area (Å²) in [5, 5.41) is 6.89. The van der Waals surface area contributed by atoms with Crippen LogP contribution in [0.2, 0.25) is 0 Å². The standard InChI is InChI=1S/C6H4N4.CH2O2/c1-3-5-6(8-2-7-3)10-4(1)9-5;2-1-3/h2H,1H2,(H,7,8,9,10);1H,(H,2,3). The Morgan fingerprint density at radius 2 is 2.31 bits per heavy atom. The normalized spacial score (nSPS) is 11.4. The summed E-state index contributed by atoms with van der Waals surface area (Å²) in [6.45, 7) is -0.250. The Hall–Kier alpha value is -1.98. The molecule has 0 aromatic carbocycles. The molecular formula is C7H6N4O2. The lowest BCUT2D eigenvalue weighted by Gasteiger charge is -1.95. The molecule has 2 aromatic heterocycles. The van der Waals surface area contributed by atoms with Gasteiger partial charge in [0.1, 0.15) is 17.7 Å². The van der Waals surface area contributed by atoms with E-state index in [0.717, 1.165) is 29.1 Å². The first-order chi connectivity index (χ1) is 6.35. The van der Waals surface area contributed by atoms with E-state index < -0.39 is 0 Å². The third kappa shape index (κ3) is 1.12. The van der Waals surface area contributed by atoms with Crippen LogP contribution in [-0.4, -0.2) is 31.5 Å². The summed E-state index contributed by atoms with van der Waals surface area (Å²) < 4.78 is 0. The van der Waals surface area contributed by atoms with Gasteiger partial charge in [-0.2, -0.15) is 0 Å². The van der Waals surface area contributed by atoms with Gasteiger partial charge in [0.15, 0.2) is 5.65 Å². The smallest absolute Gasteiger partial charge is 0.290 e. The Bertz CT molecular complexity index is 447. The summed E-state index contributed by atoms with van der Waals surface area (Å²) in [4.78, 5) is 23.8. The van der Waals surface area contributed by atoms with Crippen LogP contribution in [0, 0.1) is 0 Å². The van der Waals surface area contributed by atoms with Crippen LogP contribution in [0.1, 0.15) is 11.5 Å². The van der Waals surface area contributed by atoms with Gasteiger partial charge in [-0.15, -0.1) is 0 Å². The van der Waals surface area contributed by atoms with Crippen LogP contribution in [0.3, 0.4) is 0 Å². The third-order valence-electron chi connectivity index (χ3n) is 1.74. The molecule has 6 nitrogen and oxygen atoms in total. The average Bonchev–Trinajstić information content (AvgIpc) is 2.61. The number of hydrogen-bond acceptors (Lipinski definition) is 4. The first-order valence-corrected chi connectivity index (χ1v) is 3.61. The van der Waals surface area contributed by atoms with Crippen molar-refractivity contribution in [2.75, 3.05) is 0 Å². The highest BCUT2D eigenvalue weighted by Gasteiger charge is 2.17. The number of nitrogens with one attached hydrogen (secondary N) is 1. The van der Waals surface area contributed by atoms with Gasteiger partial charge in [-0.3, -0.25) is 4.79 Å². The number of imidazole rings is 1. The summed E-state index contributed by atoms with van der Waals surface area (Å²) >= 11 is 0. The van der Waals surface area contributed by atoms with Crippen molar-refractivity contribution < 1.29 is 9.90 Å². The number of nitrogens with zero attached hydrogens (tertiary/aromatic N) is 3. The molecule has 0 unspecified atom stereocenters. The maximum Gasteiger partial charge on any atom is 0.290 e. The van der Waals surface area contributed by atoms with Crippen LogP contribution in [0.15, 0.2) is 6.33 Å². The molecule has 6 heteroatoms. The zero-order chi connectivity index (χ0) is 9.26. The number of rotatable bonds is 0. The summed E-state index contributed by atoms with van der Waals surface area (Å²) in [6.07, 6.45) is 2.42. The lowest BCUT2D eigenvalue weighted by Crippen LogP contribution is -1.94. The van der Waals surface area contributed by atoms with E-state index in [-0.39, 0.29) is 6.47 Å². The van der Waals surface area contributed by atoms with Crippen LogP contribution < -0.4 is 0 Å². The fraction of sp³-hybridized carbons (Fsp3) is 0.143. The van der Waals surface area contributed by atoms with Gasteiger partial charge in [-0.25, -0.2) is 15.0 Å². The topological polar surface area (TPSA) is 91.8 Å². The number of H-pyrrole nitrogens is 1. The van der Waals surface area contributed by atoms with Crippen molar-refractivity contribution in [3.05, 3.63) is 17.8 Å². The molecule has 2 N–H and O–H groups in total. The highest BCUT2D eigenvalue weighted by molar-refractivity contribution is 5.76. The summed E-state index contributed by atoms with van der Waals surface area (Å²) in [5.41, 5.74) is 2.86. The second kappa shape index (κ2) is 2.81. The highest BCUT2D eigenvalue weighted by atomic mass is 16.3. The van der Waals surface area contributed by atoms with Gasteiger partial charge >= 0.3 is 0 Å². The van der Waals surface area contributed by atoms with Crippen molar-refractivity contribution in [2.45, 2.75) is 6.42 Å². The fourth-order valence-electron chi connectivity index (χ4n) is 1.30. The monoisotopic (exact) mass is 178 g/mol. The van der Waals surface area contributed by atoms with E-state index in [1.165, 1.54) is 0 Å². The number of aromatic nitrogens is 4. The molecular weight excluding hydrogens is 172 g/mol. The Kier molecular flexibility index (Phi) is 1.66.